The lowest BCUT2D eigenvalue weighted by atomic mass is 10.2. The molecule has 0 fully saturated rings. The maximum atomic E-state index is 13.0. The summed E-state index contributed by atoms with van der Waals surface area (Å²) in [5.74, 6) is -2.28. The molecule has 19 heavy (non-hydrogen) atoms. The van der Waals surface area contributed by atoms with Gasteiger partial charge in [-0.05, 0) is 30.5 Å². The number of hydrogen-bond acceptors (Lipinski definition) is 2. The Morgan fingerprint density at radius 2 is 1.84 bits per heavy atom. The second-order valence-electron chi connectivity index (χ2n) is 3.78. The van der Waals surface area contributed by atoms with Gasteiger partial charge in [0.2, 0.25) is 0 Å². The first-order chi connectivity index (χ1) is 9.11. The van der Waals surface area contributed by atoms with Gasteiger partial charge in [0.1, 0.15) is 0 Å². The average Bonchev–Trinajstić information content (AvgIpc) is 2.43. The number of halogens is 2. The first-order valence-corrected chi connectivity index (χ1v) is 6.73. The Bertz CT molecular complexity index is 616. The Hall–Kier alpha value is -1.88. The highest BCUT2D eigenvalue weighted by Gasteiger charge is 2.11. The number of carbonyl (C=O) groups is 1. The van der Waals surface area contributed by atoms with Gasteiger partial charge in [-0.15, -0.1) is 11.8 Å². The van der Waals surface area contributed by atoms with Gasteiger partial charge in [-0.3, -0.25) is 4.79 Å². The van der Waals surface area contributed by atoms with Gasteiger partial charge in [0.05, 0.1) is 5.56 Å². The van der Waals surface area contributed by atoms with E-state index in [0.717, 1.165) is 17.0 Å². The zero-order chi connectivity index (χ0) is 13.8. The van der Waals surface area contributed by atoms with E-state index in [1.165, 1.54) is 17.8 Å². The molecule has 1 N–H and O–H groups in total. The molecule has 0 atom stereocenters. The summed E-state index contributed by atoms with van der Waals surface area (Å²) in [5, 5.41) is 2.54. The van der Waals surface area contributed by atoms with Crippen molar-refractivity contribution in [2.45, 2.75) is 4.90 Å². The Kier molecular flexibility index (Phi) is 4.16. The zero-order valence-electron chi connectivity index (χ0n) is 10.1. The molecule has 0 radical (unpaired) electrons. The molecule has 2 aromatic carbocycles. The largest absolute Gasteiger partial charge is 0.322 e. The van der Waals surface area contributed by atoms with Crippen molar-refractivity contribution in [3.63, 3.8) is 0 Å². The second kappa shape index (κ2) is 5.84. The van der Waals surface area contributed by atoms with Crippen molar-refractivity contribution < 1.29 is 13.6 Å². The summed E-state index contributed by atoms with van der Waals surface area (Å²) in [7, 11) is 0. The summed E-state index contributed by atoms with van der Waals surface area (Å²) in [4.78, 5) is 12.9. The minimum Gasteiger partial charge on any atom is -0.322 e. The van der Waals surface area contributed by atoms with E-state index >= 15 is 0 Å². The number of hydrogen-bond donors (Lipinski definition) is 1. The van der Waals surface area contributed by atoms with E-state index in [-0.39, 0.29) is 11.6 Å². The molecule has 0 heterocycles. The lowest BCUT2D eigenvalue weighted by Gasteiger charge is -2.08. The fraction of sp³-hybridized carbons (Fsp3) is 0.0714. The van der Waals surface area contributed by atoms with Crippen molar-refractivity contribution in [1.29, 1.82) is 0 Å². The molecule has 0 aromatic heterocycles. The molecule has 0 unspecified atom stereocenters. The summed E-state index contributed by atoms with van der Waals surface area (Å²) in [6.07, 6.45) is 1.86. The zero-order valence-corrected chi connectivity index (χ0v) is 10.9. The number of benzene rings is 2. The third-order valence-corrected chi connectivity index (χ3v) is 3.32. The van der Waals surface area contributed by atoms with Crippen molar-refractivity contribution >= 4 is 23.4 Å². The smallest absolute Gasteiger partial charge is 0.256 e. The molecule has 0 saturated heterocycles. The molecule has 2 rings (SSSR count). The third kappa shape index (κ3) is 3.12. The van der Waals surface area contributed by atoms with Gasteiger partial charge in [0.25, 0.3) is 5.91 Å². The highest BCUT2D eigenvalue weighted by molar-refractivity contribution is 7.98. The highest BCUT2D eigenvalue weighted by Crippen LogP contribution is 2.21. The lowest BCUT2D eigenvalue weighted by molar-refractivity contribution is 0.102. The quantitative estimate of drug-likeness (QED) is 0.862. The van der Waals surface area contributed by atoms with Crippen molar-refractivity contribution in [1.82, 2.24) is 0 Å². The van der Waals surface area contributed by atoms with Crippen molar-refractivity contribution in [3.8, 4) is 0 Å². The Morgan fingerprint density at radius 1 is 1.11 bits per heavy atom. The van der Waals surface area contributed by atoms with Gasteiger partial charge in [-0.25, -0.2) is 8.78 Å². The van der Waals surface area contributed by atoms with Crippen LogP contribution in [-0.2, 0) is 0 Å². The van der Waals surface area contributed by atoms with Crippen LogP contribution in [-0.4, -0.2) is 12.2 Å². The SMILES string of the molecule is CSc1ccccc1C(=O)Nc1ccc(F)c(F)c1. The molecule has 0 aliphatic heterocycles. The van der Waals surface area contributed by atoms with Crippen LogP contribution in [0.3, 0.4) is 0 Å². The van der Waals surface area contributed by atoms with Crippen molar-refractivity contribution in [2.24, 2.45) is 0 Å². The minimum atomic E-state index is -0.990. The maximum absolute atomic E-state index is 13.0. The number of anilines is 1. The van der Waals surface area contributed by atoms with E-state index in [1.807, 2.05) is 18.4 Å². The van der Waals surface area contributed by atoms with E-state index in [0.29, 0.717) is 5.56 Å². The fourth-order valence-corrected chi connectivity index (χ4v) is 2.20. The predicted octanol–water partition coefficient (Wildman–Crippen LogP) is 3.94. The van der Waals surface area contributed by atoms with Crippen LogP contribution in [0.4, 0.5) is 14.5 Å². The maximum Gasteiger partial charge on any atom is 0.256 e. The number of amides is 1. The monoisotopic (exact) mass is 279 g/mol. The van der Waals surface area contributed by atoms with E-state index < -0.39 is 11.6 Å². The molecular weight excluding hydrogens is 268 g/mol. The lowest BCUT2D eigenvalue weighted by Crippen LogP contribution is -2.13. The summed E-state index contributed by atoms with van der Waals surface area (Å²) >= 11 is 1.45. The molecule has 0 aliphatic carbocycles. The molecule has 5 heteroatoms. The van der Waals surface area contributed by atoms with Gasteiger partial charge in [-0.1, -0.05) is 12.1 Å². The van der Waals surface area contributed by atoms with Gasteiger partial charge in [-0.2, -0.15) is 0 Å². The van der Waals surface area contributed by atoms with Crippen LogP contribution in [0.1, 0.15) is 10.4 Å². The summed E-state index contributed by atoms with van der Waals surface area (Å²) in [6, 6.07) is 10.3. The summed E-state index contributed by atoms with van der Waals surface area (Å²) in [6.45, 7) is 0. The van der Waals surface area contributed by atoms with Gasteiger partial charge in [0.15, 0.2) is 11.6 Å². The molecule has 0 spiro atoms. The van der Waals surface area contributed by atoms with Crippen LogP contribution in [0.5, 0.6) is 0 Å². The van der Waals surface area contributed by atoms with Gasteiger partial charge in [0, 0.05) is 16.6 Å². The molecular formula is C14H11F2NOS. The third-order valence-electron chi connectivity index (χ3n) is 2.53. The Balaban J connectivity index is 2.23. The van der Waals surface area contributed by atoms with Gasteiger partial charge < -0.3 is 5.32 Å². The number of nitrogens with one attached hydrogen (secondary N) is 1. The molecule has 1 amide bonds. The van der Waals surface area contributed by atoms with Gasteiger partial charge >= 0.3 is 0 Å². The van der Waals surface area contributed by atoms with E-state index in [4.69, 9.17) is 0 Å². The topological polar surface area (TPSA) is 29.1 Å². The van der Waals surface area contributed by atoms with E-state index in [2.05, 4.69) is 5.32 Å². The second-order valence-corrected chi connectivity index (χ2v) is 4.63. The number of thioether (sulfide) groups is 1. The normalized spacial score (nSPS) is 10.3. The molecule has 2 nitrogen and oxygen atoms in total. The standard InChI is InChI=1S/C14H11F2NOS/c1-19-13-5-3-2-4-10(13)14(18)17-9-6-7-11(15)12(16)8-9/h2-8H,1H3,(H,17,18). The summed E-state index contributed by atoms with van der Waals surface area (Å²) in [5.41, 5.74) is 0.722. The fourth-order valence-electron chi connectivity index (χ4n) is 1.60. The molecule has 98 valence electrons. The molecule has 2 aromatic rings. The first kappa shape index (κ1) is 13.5. The number of carbonyl (C=O) groups excluding carboxylic acids is 1. The van der Waals surface area contributed by atoms with E-state index in [1.54, 1.807) is 12.1 Å². The van der Waals surface area contributed by atoms with Crippen molar-refractivity contribution in [3.05, 3.63) is 59.7 Å². The van der Waals surface area contributed by atoms with Crippen LogP contribution >= 0.6 is 11.8 Å². The van der Waals surface area contributed by atoms with E-state index in [9.17, 15) is 13.6 Å². The highest BCUT2D eigenvalue weighted by atomic mass is 32.2. The van der Waals surface area contributed by atoms with Crippen LogP contribution in [0, 0.1) is 11.6 Å². The van der Waals surface area contributed by atoms with Crippen molar-refractivity contribution in [2.75, 3.05) is 11.6 Å². The molecule has 0 bridgehead atoms. The molecule has 0 saturated carbocycles. The Morgan fingerprint density at radius 3 is 2.53 bits per heavy atom. The van der Waals surface area contributed by atoms with Crippen LogP contribution in [0.15, 0.2) is 47.4 Å². The molecule has 0 aliphatic rings. The predicted molar refractivity (Wildman–Crippen MR) is 72.5 cm³/mol. The van der Waals surface area contributed by atoms with Crippen LogP contribution < -0.4 is 5.32 Å². The number of rotatable bonds is 3. The Labute approximate surface area is 113 Å². The van der Waals surface area contributed by atoms with Crippen LogP contribution in [0.2, 0.25) is 0 Å². The minimum absolute atomic E-state index is 0.222. The van der Waals surface area contributed by atoms with Crippen LogP contribution in [0.25, 0.3) is 0 Å². The summed E-state index contributed by atoms with van der Waals surface area (Å²) < 4.78 is 25.8. The average molecular weight is 279 g/mol. The first-order valence-electron chi connectivity index (χ1n) is 5.51.